The van der Waals surface area contributed by atoms with Gasteiger partial charge < -0.3 is 4.90 Å². The Labute approximate surface area is 165 Å². The SMILES string of the molecule is O=C(c1cc2c(s1)-c1ccc(Cl)cc1S(=O)(=O)C2)N1CCc2ccccc21. The van der Waals surface area contributed by atoms with E-state index in [4.69, 9.17) is 11.6 Å². The zero-order chi connectivity index (χ0) is 18.8. The maximum absolute atomic E-state index is 13.1. The number of sulfone groups is 1. The van der Waals surface area contributed by atoms with E-state index >= 15 is 0 Å². The first-order valence-electron chi connectivity index (χ1n) is 8.49. The van der Waals surface area contributed by atoms with E-state index in [1.165, 1.54) is 17.4 Å². The summed E-state index contributed by atoms with van der Waals surface area (Å²) in [5.41, 5.74) is 3.42. The van der Waals surface area contributed by atoms with Crippen LogP contribution in [-0.2, 0) is 22.0 Å². The average molecular weight is 416 g/mol. The topological polar surface area (TPSA) is 54.5 Å². The standard InChI is InChI=1S/C20H14ClNO3S2/c21-14-5-6-15-18(10-14)27(24,25)11-13-9-17(26-19(13)15)20(23)22-8-7-12-3-1-2-4-16(12)22/h1-6,9-10H,7-8,11H2. The quantitative estimate of drug-likeness (QED) is 0.585. The Morgan fingerprint density at radius 2 is 1.89 bits per heavy atom. The fourth-order valence-corrected chi connectivity index (χ4v) is 6.94. The summed E-state index contributed by atoms with van der Waals surface area (Å²) in [5.74, 6) is -0.178. The zero-order valence-corrected chi connectivity index (χ0v) is 16.5. The summed E-state index contributed by atoms with van der Waals surface area (Å²) in [6, 6.07) is 14.5. The molecule has 136 valence electrons. The molecule has 5 rings (SSSR count). The molecule has 4 nitrogen and oxygen atoms in total. The lowest BCUT2D eigenvalue weighted by molar-refractivity contribution is 0.0993. The molecule has 0 spiro atoms. The largest absolute Gasteiger partial charge is 0.307 e. The summed E-state index contributed by atoms with van der Waals surface area (Å²) in [7, 11) is -3.46. The van der Waals surface area contributed by atoms with Crippen molar-refractivity contribution in [2.75, 3.05) is 11.4 Å². The van der Waals surface area contributed by atoms with Crippen molar-refractivity contribution in [3.8, 4) is 10.4 Å². The number of anilines is 1. The van der Waals surface area contributed by atoms with Crippen molar-refractivity contribution in [1.82, 2.24) is 0 Å². The minimum atomic E-state index is -3.46. The van der Waals surface area contributed by atoms with Crippen LogP contribution in [0.1, 0.15) is 20.8 Å². The first-order chi connectivity index (χ1) is 12.9. The molecular formula is C20H14ClNO3S2. The van der Waals surface area contributed by atoms with Crippen molar-refractivity contribution in [3.05, 3.63) is 69.6 Å². The van der Waals surface area contributed by atoms with Gasteiger partial charge in [0, 0.05) is 27.7 Å². The molecule has 1 aromatic heterocycles. The van der Waals surface area contributed by atoms with Gasteiger partial charge in [0.2, 0.25) is 0 Å². The van der Waals surface area contributed by atoms with Crippen LogP contribution in [0.15, 0.2) is 53.4 Å². The van der Waals surface area contributed by atoms with Gasteiger partial charge in [0.05, 0.1) is 15.5 Å². The summed E-state index contributed by atoms with van der Waals surface area (Å²) < 4.78 is 25.3. The number of benzene rings is 2. The van der Waals surface area contributed by atoms with Crippen LogP contribution in [0.25, 0.3) is 10.4 Å². The van der Waals surface area contributed by atoms with Crippen molar-refractivity contribution >= 4 is 44.4 Å². The maximum atomic E-state index is 13.1. The summed E-state index contributed by atoms with van der Waals surface area (Å²) in [5, 5.41) is 0.391. The monoisotopic (exact) mass is 415 g/mol. The lowest BCUT2D eigenvalue weighted by atomic mass is 10.1. The number of fused-ring (bicyclic) bond motifs is 4. The molecule has 0 saturated carbocycles. The number of carbonyl (C=O) groups excluding carboxylic acids is 1. The summed E-state index contributed by atoms with van der Waals surface area (Å²) in [6.07, 6.45) is 0.836. The van der Waals surface area contributed by atoms with E-state index in [0.717, 1.165) is 22.5 Å². The molecule has 0 atom stereocenters. The zero-order valence-electron chi connectivity index (χ0n) is 14.1. The fourth-order valence-electron chi connectivity index (χ4n) is 3.78. The van der Waals surface area contributed by atoms with Crippen molar-refractivity contribution in [3.63, 3.8) is 0 Å². The van der Waals surface area contributed by atoms with E-state index in [1.807, 2.05) is 24.3 Å². The molecule has 0 N–H and O–H groups in total. The number of thiophene rings is 1. The van der Waals surface area contributed by atoms with Crippen LogP contribution in [0.5, 0.6) is 0 Å². The Bertz CT molecular complexity index is 1210. The molecule has 0 unspecified atom stereocenters. The summed E-state index contributed by atoms with van der Waals surface area (Å²) in [6.45, 7) is 0.644. The third kappa shape index (κ3) is 2.63. The lowest BCUT2D eigenvalue weighted by Crippen LogP contribution is -2.28. The number of hydrogen-bond donors (Lipinski definition) is 0. The normalized spacial score (nSPS) is 16.6. The number of nitrogens with zero attached hydrogens (tertiary/aromatic N) is 1. The second kappa shape index (κ2) is 5.92. The van der Waals surface area contributed by atoms with Crippen molar-refractivity contribution < 1.29 is 13.2 Å². The van der Waals surface area contributed by atoms with Gasteiger partial charge in [-0.1, -0.05) is 35.9 Å². The van der Waals surface area contributed by atoms with Crippen molar-refractivity contribution in [2.45, 2.75) is 17.1 Å². The highest BCUT2D eigenvalue weighted by Crippen LogP contribution is 2.44. The molecule has 0 saturated heterocycles. The number of hydrogen-bond acceptors (Lipinski definition) is 4. The Morgan fingerprint density at radius 3 is 2.74 bits per heavy atom. The summed E-state index contributed by atoms with van der Waals surface area (Å²) >= 11 is 7.35. The van der Waals surface area contributed by atoms with Crippen LogP contribution in [0.4, 0.5) is 5.69 Å². The van der Waals surface area contributed by atoms with Crippen LogP contribution >= 0.6 is 22.9 Å². The van der Waals surface area contributed by atoms with Crippen molar-refractivity contribution in [2.24, 2.45) is 0 Å². The number of halogens is 1. The second-order valence-electron chi connectivity index (χ2n) is 6.70. The van der Waals surface area contributed by atoms with Gasteiger partial charge in [-0.15, -0.1) is 11.3 Å². The molecule has 1 amide bonds. The molecule has 2 aliphatic heterocycles. The van der Waals surface area contributed by atoms with Gasteiger partial charge in [-0.2, -0.15) is 0 Å². The van der Waals surface area contributed by atoms with Crippen molar-refractivity contribution in [1.29, 1.82) is 0 Å². The van der Waals surface area contributed by atoms with Crippen LogP contribution < -0.4 is 4.90 Å². The van der Waals surface area contributed by atoms with Gasteiger partial charge in [0.25, 0.3) is 5.91 Å². The predicted molar refractivity (Wildman–Crippen MR) is 107 cm³/mol. The van der Waals surface area contributed by atoms with Gasteiger partial charge in [0.15, 0.2) is 9.84 Å². The number of para-hydroxylation sites is 1. The summed E-state index contributed by atoms with van der Waals surface area (Å²) in [4.78, 5) is 16.6. The molecule has 7 heteroatoms. The molecule has 0 radical (unpaired) electrons. The molecule has 2 aliphatic rings. The van der Waals surface area contributed by atoms with Crippen LogP contribution in [0.2, 0.25) is 5.02 Å². The molecule has 0 bridgehead atoms. The molecule has 27 heavy (non-hydrogen) atoms. The van der Waals surface area contributed by atoms with Gasteiger partial charge in [-0.05, 0) is 41.8 Å². The molecular weight excluding hydrogens is 402 g/mol. The second-order valence-corrected chi connectivity index (χ2v) is 10.1. The maximum Gasteiger partial charge on any atom is 0.268 e. The average Bonchev–Trinajstić information content (AvgIpc) is 3.25. The van der Waals surface area contributed by atoms with E-state index in [-0.39, 0.29) is 16.6 Å². The van der Waals surface area contributed by atoms with Gasteiger partial charge in [-0.3, -0.25) is 4.79 Å². The van der Waals surface area contributed by atoms with E-state index in [2.05, 4.69) is 0 Å². The van der Waals surface area contributed by atoms with E-state index in [0.29, 0.717) is 27.6 Å². The van der Waals surface area contributed by atoms with Gasteiger partial charge in [-0.25, -0.2) is 8.42 Å². The van der Waals surface area contributed by atoms with Crippen LogP contribution in [-0.4, -0.2) is 20.9 Å². The third-order valence-corrected chi connectivity index (χ3v) is 8.15. The minimum Gasteiger partial charge on any atom is -0.307 e. The molecule has 3 heterocycles. The Kier molecular flexibility index (Phi) is 3.73. The highest BCUT2D eigenvalue weighted by Gasteiger charge is 2.33. The number of amides is 1. The predicted octanol–water partition coefficient (Wildman–Crippen LogP) is 4.56. The molecule has 2 aromatic carbocycles. The Hall–Kier alpha value is -2.15. The smallest absolute Gasteiger partial charge is 0.268 e. The first kappa shape index (κ1) is 17.0. The van der Waals surface area contributed by atoms with Gasteiger partial charge >= 0.3 is 0 Å². The highest BCUT2D eigenvalue weighted by atomic mass is 35.5. The molecule has 3 aromatic rings. The third-order valence-electron chi connectivity index (χ3n) is 5.02. The highest BCUT2D eigenvalue weighted by molar-refractivity contribution is 7.91. The number of rotatable bonds is 1. The lowest BCUT2D eigenvalue weighted by Gasteiger charge is -2.16. The van der Waals surface area contributed by atoms with E-state index in [1.54, 1.807) is 23.1 Å². The Balaban J connectivity index is 1.59. The van der Waals surface area contributed by atoms with Crippen LogP contribution in [0.3, 0.4) is 0 Å². The molecule has 0 aliphatic carbocycles. The Morgan fingerprint density at radius 1 is 1.07 bits per heavy atom. The molecule has 0 fully saturated rings. The first-order valence-corrected chi connectivity index (χ1v) is 11.3. The van der Waals surface area contributed by atoms with E-state index < -0.39 is 9.84 Å². The number of carbonyl (C=O) groups is 1. The van der Waals surface area contributed by atoms with Gasteiger partial charge in [0.1, 0.15) is 0 Å². The minimum absolute atomic E-state index is 0.0766. The fraction of sp³-hybridized carbons (Fsp3) is 0.150. The van der Waals surface area contributed by atoms with E-state index in [9.17, 15) is 13.2 Å². The van der Waals surface area contributed by atoms with Crippen LogP contribution in [0, 0.1) is 0 Å².